The van der Waals surface area contributed by atoms with Gasteiger partial charge in [-0.25, -0.2) is 0 Å². The molecule has 0 bridgehead atoms. The number of rotatable bonds is 2. The van der Waals surface area contributed by atoms with E-state index < -0.39 is 0 Å². The second-order valence-corrected chi connectivity index (χ2v) is 5.97. The molecule has 0 aliphatic carbocycles. The van der Waals surface area contributed by atoms with Crippen molar-refractivity contribution in [1.29, 1.82) is 0 Å². The molecule has 0 saturated heterocycles. The molecular formula is C15H10N2O2Se. The second kappa shape index (κ2) is 4.78. The Morgan fingerprint density at radius 2 is 1.75 bits per heavy atom. The predicted molar refractivity (Wildman–Crippen MR) is 76.0 cm³/mol. The van der Waals surface area contributed by atoms with Gasteiger partial charge in [0.15, 0.2) is 0 Å². The Balaban J connectivity index is 1.82. The Kier molecular flexibility index (Phi) is 2.80. The van der Waals surface area contributed by atoms with E-state index in [1.165, 1.54) is 10.0 Å². The second-order valence-electron chi connectivity index (χ2n) is 4.38. The van der Waals surface area contributed by atoms with Crippen LogP contribution in [-0.2, 0) is 0 Å². The molecule has 0 spiro atoms. The van der Waals surface area contributed by atoms with Crippen molar-refractivity contribution in [3.8, 4) is 32.8 Å². The molecular weight excluding hydrogens is 319 g/mol. The normalized spacial score (nSPS) is 12.6. The third kappa shape index (κ3) is 1.92. The van der Waals surface area contributed by atoms with E-state index in [-0.39, 0.29) is 21.5 Å². The quantitative estimate of drug-likeness (QED) is 0.678. The van der Waals surface area contributed by atoms with Crippen LogP contribution in [0.5, 0.6) is 11.5 Å². The summed E-state index contributed by atoms with van der Waals surface area (Å²) in [6.45, 7) is 0.287. The molecule has 98 valence electrons. The summed E-state index contributed by atoms with van der Waals surface area (Å²) in [5, 5.41) is 4.33. The van der Waals surface area contributed by atoms with E-state index in [0.29, 0.717) is 0 Å². The molecule has 1 aromatic heterocycles. The zero-order valence-corrected chi connectivity index (χ0v) is 12.2. The third-order valence-electron chi connectivity index (χ3n) is 3.17. The van der Waals surface area contributed by atoms with E-state index in [2.05, 4.69) is 21.3 Å². The first-order valence-electron chi connectivity index (χ1n) is 6.19. The van der Waals surface area contributed by atoms with Crippen molar-refractivity contribution in [3.05, 3.63) is 48.5 Å². The van der Waals surface area contributed by atoms with Gasteiger partial charge in [-0.1, -0.05) is 0 Å². The van der Waals surface area contributed by atoms with Crippen LogP contribution in [0.3, 0.4) is 0 Å². The molecule has 0 saturated carbocycles. The number of ether oxygens (including phenoxy) is 2. The van der Waals surface area contributed by atoms with Gasteiger partial charge in [0.2, 0.25) is 0 Å². The van der Waals surface area contributed by atoms with Crippen LogP contribution in [0.25, 0.3) is 21.3 Å². The Bertz CT molecular complexity index is 756. The van der Waals surface area contributed by atoms with Crippen molar-refractivity contribution >= 4 is 14.7 Å². The fourth-order valence-corrected chi connectivity index (χ4v) is 3.65. The maximum atomic E-state index is 5.43. The summed E-state index contributed by atoms with van der Waals surface area (Å²) in [5.41, 5.74) is 3.15. The molecule has 0 amide bonds. The van der Waals surface area contributed by atoms with E-state index in [1.807, 2.05) is 36.4 Å². The summed E-state index contributed by atoms with van der Waals surface area (Å²) in [4.78, 5) is 0. The maximum absolute atomic E-state index is 5.43. The minimum atomic E-state index is 0.0348. The summed E-state index contributed by atoms with van der Waals surface area (Å²) in [7, 11) is 0. The molecule has 3 aromatic rings. The van der Waals surface area contributed by atoms with E-state index >= 15 is 0 Å². The topological polar surface area (TPSA) is 44.2 Å². The average Bonchev–Trinajstić information content (AvgIpc) is 3.16. The molecule has 4 nitrogen and oxygen atoms in total. The first kappa shape index (κ1) is 11.7. The molecule has 0 radical (unpaired) electrons. The van der Waals surface area contributed by atoms with Gasteiger partial charge in [0.05, 0.1) is 0 Å². The van der Waals surface area contributed by atoms with Crippen molar-refractivity contribution in [2.24, 2.45) is 0 Å². The van der Waals surface area contributed by atoms with Crippen molar-refractivity contribution in [1.82, 2.24) is 9.19 Å². The Morgan fingerprint density at radius 3 is 2.65 bits per heavy atom. The first-order valence-corrected chi connectivity index (χ1v) is 7.82. The Hall–Kier alpha value is -2.10. The number of fused-ring (bicyclic) bond motifs is 1. The van der Waals surface area contributed by atoms with Gasteiger partial charge in [0.1, 0.15) is 0 Å². The fourth-order valence-electron chi connectivity index (χ4n) is 2.20. The van der Waals surface area contributed by atoms with Gasteiger partial charge in [-0.3, -0.25) is 0 Å². The van der Waals surface area contributed by atoms with Crippen LogP contribution >= 0.6 is 0 Å². The van der Waals surface area contributed by atoms with E-state index in [1.54, 1.807) is 0 Å². The number of benzene rings is 2. The molecule has 5 heteroatoms. The van der Waals surface area contributed by atoms with Gasteiger partial charge >= 0.3 is 121 Å². The standard InChI is InChI=1S/C15H10N2O2Se/c1-2-4-10(5-3-1)15-14(16-17-20-15)11-6-7-12-13(8-11)19-9-18-12/h1-8H,9H2. The molecule has 4 rings (SSSR count). The van der Waals surface area contributed by atoms with E-state index in [4.69, 9.17) is 9.47 Å². The summed E-state index contributed by atoms with van der Waals surface area (Å²) in [6, 6.07) is 16.2. The molecule has 20 heavy (non-hydrogen) atoms. The Morgan fingerprint density at radius 1 is 0.900 bits per heavy atom. The average molecular weight is 329 g/mol. The molecule has 0 fully saturated rings. The zero-order chi connectivity index (χ0) is 13.4. The van der Waals surface area contributed by atoms with Crippen LogP contribution in [0.2, 0.25) is 0 Å². The van der Waals surface area contributed by atoms with Crippen LogP contribution in [0, 0.1) is 0 Å². The van der Waals surface area contributed by atoms with Gasteiger partial charge in [0.25, 0.3) is 0 Å². The van der Waals surface area contributed by atoms with Crippen molar-refractivity contribution in [2.75, 3.05) is 6.79 Å². The summed E-state index contributed by atoms with van der Waals surface area (Å²) < 4.78 is 16.2. The van der Waals surface area contributed by atoms with E-state index in [9.17, 15) is 0 Å². The van der Waals surface area contributed by atoms with E-state index in [0.717, 1.165) is 22.8 Å². The van der Waals surface area contributed by atoms with Crippen LogP contribution in [0.1, 0.15) is 0 Å². The number of hydrogen-bond acceptors (Lipinski definition) is 4. The molecule has 2 heterocycles. The van der Waals surface area contributed by atoms with Crippen LogP contribution in [-0.4, -0.2) is 30.7 Å². The van der Waals surface area contributed by atoms with Gasteiger partial charge in [-0.05, 0) is 0 Å². The predicted octanol–water partition coefficient (Wildman–Crippen LogP) is 2.60. The third-order valence-corrected chi connectivity index (χ3v) is 4.80. The summed E-state index contributed by atoms with van der Waals surface area (Å²) in [5.74, 6) is 1.56. The van der Waals surface area contributed by atoms with Crippen LogP contribution < -0.4 is 9.47 Å². The SMILES string of the molecule is c1ccc(-c2[se]nnc2-c2ccc3c(c2)OCO3)cc1. The van der Waals surface area contributed by atoms with Gasteiger partial charge in [-0.2, -0.15) is 0 Å². The van der Waals surface area contributed by atoms with Crippen molar-refractivity contribution in [3.63, 3.8) is 0 Å². The van der Waals surface area contributed by atoms with Gasteiger partial charge in [0, 0.05) is 0 Å². The molecule has 0 atom stereocenters. The molecule has 1 aliphatic heterocycles. The number of aromatic nitrogens is 2. The molecule has 0 unspecified atom stereocenters. The molecule has 2 aromatic carbocycles. The number of hydrogen-bond donors (Lipinski definition) is 0. The fraction of sp³-hybridized carbons (Fsp3) is 0.0667. The van der Waals surface area contributed by atoms with Crippen LogP contribution in [0.4, 0.5) is 0 Å². The Labute approximate surface area is 122 Å². The summed E-state index contributed by atoms with van der Waals surface area (Å²) in [6.07, 6.45) is 0. The zero-order valence-electron chi connectivity index (χ0n) is 10.4. The first-order chi connectivity index (χ1) is 9.92. The van der Waals surface area contributed by atoms with Crippen molar-refractivity contribution in [2.45, 2.75) is 0 Å². The number of nitrogens with zero attached hydrogens (tertiary/aromatic N) is 2. The van der Waals surface area contributed by atoms with Gasteiger partial charge in [-0.15, -0.1) is 0 Å². The summed E-state index contributed by atoms with van der Waals surface area (Å²) >= 11 is 0.0348. The molecule has 1 aliphatic rings. The molecule has 0 N–H and O–H groups in total. The van der Waals surface area contributed by atoms with Crippen molar-refractivity contribution < 1.29 is 9.47 Å². The minimum absolute atomic E-state index is 0.0348. The monoisotopic (exact) mass is 330 g/mol. The van der Waals surface area contributed by atoms with Gasteiger partial charge < -0.3 is 0 Å². The van der Waals surface area contributed by atoms with Crippen LogP contribution in [0.15, 0.2) is 48.5 Å².